The third-order valence-electron chi connectivity index (χ3n) is 8.48. The number of rotatable bonds is 36. The highest BCUT2D eigenvalue weighted by molar-refractivity contribution is 7.47. The Morgan fingerprint density at radius 3 is 1.87 bits per heavy atom. The normalized spacial score (nSPS) is 17.9. The van der Waals surface area contributed by atoms with Gasteiger partial charge in [-0.3, -0.25) is 18.6 Å². The summed E-state index contributed by atoms with van der Waals surface area (Å²) < 4.78 is 38.4. The van der Waals surface area contributed by atoms with Crippen molar-refractivity contribution in [1.82, 2.24) is 0 Å². The molecule has 0 aromatic carbocycles. The highest BCUT2D eigenvalue weighted by Gasteiger charge is 2.36. The Labute approximate surface area is 326 Å². The highest BCUT2D eigenvalue weighted by Crippen LogP contribution is 2.43. The molecule has 0 spiro atoms. The Morgan fingerprint density at radius 1 is 0.667 bits per heavy atom. The lowest BCUT2D eigenvalue weighted by atomic mass is 10.1. The maximum Gasteiger partial charge on any atom is 0.472 e. The molecule has 1 saturated heterocycles. The second kappa shape index (κ2) is 34.9. The second-order valence-electron chi connectivity index (χ2n) is 13.5. The summed E-state index contributed by atoms with van der Waals surface area (Å²) in [4.78, 5) is 34.8. The summed E-state index contributed by atoms with van der Waals surface area (Å²) in [5.74, 6) is -0.930. The SMILES string of the molecule is CC/C=C\C/C=C\C/C=C\CCCCCCCC(=O)O[C@H](COC(=O)CCC/C=C\CC1OC1C/C=C\C/C=C\CCCCC)COP(=O)(O)OCCN. The molecule has 11 heteroatoms. The molecule has 0 aromatic heterocycles. The van der Waals surface area contributed by atoms with E-state index in [9.17, 15) is 19.0 Å². The number of carbonyl (C=O) groups excluding carboxylic acids is 2. The summed E-state index contributed by atoms with van der Waals surface area (Å²) in [5.41, 5.74) is 5.34. The number of allylic oxidation sites excluding steroid dienone is 10. The molecular formula is C43H72NO9P. The van der Waals surface area contributed by atoms with E-state index in [0.29, 0.717) is 12.8 Å². The molecular weight excluding hydrogens is 705 g/mol. The minimum Gasteiger partial charge on any atom is -0.462 e. The molecule has 1 rings (SSSR count). The molecule has 4 atom stereocenters. The summed E-state index contributed by atoms with van der Waals surface area (Å²) in [7, 11) is -4.40. The molecule has 1 aliphatic heterocycles. The first-order valence-corrected chi connectivity index (χ1v) is 22.0. The van der Waals surface area contributed by atoms with Gasteiger partial charge < -0.3 is 24.8 Å². The van der Waals surface area contributed by atoms with Gasteiger partial charge in [-0.1, -0.05) is 119 Å². The third-order valence-corrected chi connectivity index (χ3v) is 9.46. The summed E-state index contributed by atoms with van der Waals surface area (Å²) in [6, 6.07) is 0. The minimum atomic E-state index is -4.40. The van der Waals surface area contributed by atoms with E-state index in [4.69, 9.17) is 29.0 Å². The summed E-state index contributed by atoms with van der Waals surface area (Å²) >= 11 is 0. The van der Waals surface area contributed by atoms with Crippen LogP contribution in [0, 0.1) is 0 Å². The second-order valence-corrected chi connectivity index (χ2v) is 15.0. The van der Waals surface area contributed by atoms with E-state index in [1.165, 1.54) is 19.3 Å². The number of hydrogen-bond acceptors (Lipinski definition) is 9. The monoisotopic (exact) mass is 777 g/mol. The highest BCUT2D eigenvalue weighted by atomic mass is 31.2. The van der Waals surface area contributed by atoms with Crippen molar-refractivity contribution in [2.45, 2.75) is 161 Å². The molecule has 10 nitrogen and oxygen atoms in total. The molecule has 0 radical (unpaired) electrons. The Bertz CT molecular complexity index is 1180. The van der Waals surface area contributed by atoms with Gasteiger partial charge in [0.15, 0.2) is 6.10 Å². The lowest BCUT2D eigenvalue weighted by molar-refractivity contribution is -0.161. The van der Waals surface area contributed by atoms with E-state index in [2.05, 4.69) is 86.8 Å². The van der Waals surface area contributed by atoms with Crippen molar-refractivity contribution in [3.63, 3.8) is 0 Å². The van der Waals surface area contributed by atoms with Gasteiger partial charge in [-0.2, -0.15) is 0 Å². The van der Waals surface area contributed by atoms with E-state index in [0.717, 1.165) is 83.5 Å². The van der Waals surface area contributed by atoms with Crippen molar-refractivity contribution >= 4 is 19.8 Å². The van der Waals surface area contributed by atoms with Gasteiger partial charge in [0.1, 0.15) is 6.61 Å². The Morgan fingerprint density at radius 2 is 1.20 bits per heavy atom. The van der Waals surface area contributed by atoms with Crippen LogP contribution in [0.5, 0.6) is 0 Å². The zero-order chi connectivity index (χ0) is 39.4. The van der Waals surface area contributed by atoms with Gasteiger partial charge >= 0.3 is 19.8 Å². The van der Waals surface area contributed by atoms with E-state index in [-0.39, 0.29) is 44.8 Å². The van der Waals surface area contributed by atoms with Crippen LogP contribution >= 0.6 is 7.82 Å². The molecule has 3 N–H and O–H groups in total. The van der Waals surface area contributed by atoms with Crippen LogP contribution in [-0.2, 0) is 37.4 Å². The van der Waals surface area contributed by atoms with Crippen LogP contribution in [0.4, 0.5) is 0 Å². The molecule has 3 unspecified atom stereocenters. The van der Waals surface area contributed by atoms with Gasteiger partial charge in [0, 0.05) is 19.4 Å². The van der Waals surface area contributed by atoms with Crippen molar-refractivity contribution in [2.24, 2.45) is 5.73 Å². The molecule has 1 aliphatic rings. The zero-order valence-corrected chi connectivity index (χ0v) is 34.3. The van der Waals surface area contributed by atoms with Crippen LogP contribution in [-0.4, -0.2) is 61.5 Å². The maximum atomic E-state index is 12.6. The topological polar surface area (TPSA) is 147 Å². The largest absolute Gasteiger partial charge is 0.472 e. The zero-order valence-electron chi connectivity index (χ0n) is 33.4. The smallest absolute Gasteiger partial charge is 0.462 e. The fourth-order valence-electron chi connectivity index (χ4n) is 5.33. The van der Waals surface area contributed by atoms with Crippen LogP contribution < -0.4 is 5.73 Å². The molecule has 0 aliphatic carbocycles. The molecule has 54 heavy (non-hydrogen) atoms. The van der Waals surface area contributed by atoms with Gasteiger partial charge in [-0.15, -0.1) is 0 Å². The van der Waals surface area contributed by atoms with Crippen LogP contribution in [0.3, 0.4) is 0 Å². The lowest BCUT2D eigenvalue weighted by Crippen LogP contribution is -2.29. The summed E-state index contributed by atoms with van der Waals surface area (Å²) in [6.07, 6.45) is 43.9. The van der Waals surface area contributed by atoms with Gasteiger partial charge in [0.05, 0.1) is 25.4 Å². The van der Waals surface area contributed by atoms with Gasteiger partial charge in [0.2, 0.25) is 0 Å². The minimum absolute atomic E-state index is 0.0366. The van der Waals surface area contributed by atoms with Gasteiger partial charge in [-0.25, -0.2) is 4.57 Å². The van der Waals surface area contributed by atoms with Crippen LogP contribution in [0.2, 0.25) is 0 Å². The first kappa shape index (κ1) is 49.4. The van der Waals surface area contributed by atoms with E-state index < -0.39 is 32.5 Å². The number of phosphoric ester groups is 1. The predicted octanol–water partition coefficient (Wildman–Crippen LogP) is 10.5. The third kappa shape index (κ3) is 31.7. The number of ether oxygens (including phenoxy) is 3. The molecule has 1 fully saturated rings. The van der Waals surface area contributed by atoms with Crippen molar-refractivity contribution in [1.29, 1.82) is 0 Å². The lowest BCUT2D eigenvalue weighted by Gasteiger charge is -2.19. The Balaban J connectivity index is 2.27. The number of carbonyl (C=O) groups is 2. The average molecular weight is 778 g/mol. The van der Waals surface area contributed by atoms with Gasteiger partial charge in [-0.05, 0) is 83.5 Å². The summed E-state index contributed by atoms with van der Waals surface area (Å²) in [5, 5.41) is 0. The number of phosphoric acid groups is 1. The number of esters is 2. The standard InChI is InChI=1S/C43H72NO9P/c1-3-5-7-9-11-13-14-15-16-17-18-20-22-24-30-34-43(46)52-39(38-51-54(47,48)50-36-35-44)37-49-42(45)33-29-26-25-28-32-41-40(53-41)31-27-23-21-19-12-10-8-6-4-2/h5,7,11-13,15-16,19,23,25,27-28,39-41H,3-4,6,8-10,14,17-18,20-22,24,26,29-38,44H2,1-2H3,(H,47,48)/b7-5-,13-11-,16-15-,19-12-,27-23-,28-25-/t39-,40?,41?/m1/s1. The Hall–Kier alpha value is -2.59. The van der Waals surface area contributed by atoms with Crippen LogP contribution in [0.1, 0.15) is 142 Å². The van der Waals surface area contributed by atoms with E-state index in [1.807, 2.05) is 0 Å². The quantitative estimate of drug-likeness (QED) is 0.0207. The van der Waals surface area contributed by atoms with Crippen molar-refractivity contribution in [3.05, 3.63) is 72.9 Å². The van der Waals surface area contributed by atoms with Gasteiger partial charge in [0.25, 0.3) is 0 Å². The molecule has 0 saturated carbocycles. The van der Waals surface area contributed by atoms with E-state index in [1.54, 1.807) is 0 Å². The van der Waals surface area contributed by atoms with Crippen LogP contribution in [0.25, 0.3) is 0 Å². The number of hydrogen-bond donors (Lipinski definition) is 2. The predicted molar refractivity (Wildman–Crippen MR) is 219 cm³/mol. The maximum absolute atomic E-state index is 12.6. The van der Waals surface area contributed by atoms with Crippen LogP contribution in [0.15, 0.2) is 72.9 Å². The fraction of sp³-hybridized carbons (Fsp3) is 0.674. The molecule has 0 aromatic rings. The molecule has 0 bridgehead atoms. The summed E-state index contributed by atoms with van der Waals surface area (Å²) in [6.45, 7) is 3.46. The van der Waals surface area contributed by atoms with Crippen molar-refractivity contribution in [3.8, 4) is 0 Å². The van der Waals surface area contributed by atoms with Crippen molar-refractivity contribution < 1.29 is 42.3 Å². The molecule has 308 valence electrons. The fourth-order valence-corrected chi connectivity index (χ4v) is 6.09. The van der Waals surface area contributed by atoms with Crippen molar-refractivity contribution in [2.75, 3.05) is 26.4 Å². The Kier molecular flexibility index (Phi) is 31.9. The number of epoxide rings is 1. The van der Waals surface area contributed by atoms with E-state index >= 15 is 0 Å². The number of unbranched alkanes of at least 4 members (excludes halogenated alkanes) is 9. The first-order valence-electron chi connectivity index (χ1n) is 20.5. The molecule has 0 amide bonds. The number of nitrogens with two attached hydrogens (primary N) is 1. The first-order chi connectivity index (χ1) is 26.3. The molecule has 1 heterocycles. The average Bonchev–Trinajstić information content (AvgIpc) is 3.91.